The van der Waals surface area contributed by atoms with E-state index in [0.717, 1.165) is 66.8 Å². The summed E-state index contributed by atoms with van der Waals surface area (Å²) in [5, 5.41) is 5.38. The highest BCUT2D eigenvalue weighted by Crippen LogP contribution is 2.40. The number of carbonyl (C=O) groups is 1. The van der Waals surface area contributed by atoms with Crippen LogP contribution in [0.4, 0.5) is 0 Å². The molecule has 2 aromatic heterocycles. The summed E-state index contributed by atoms with van der Waals surface area (Å²) in [5.41, 5.74) is 3.47. The van der Waals surface area contributed by atoms with Crippen molar-refractivity contribution in [3.05, 3.63) is 23.0 Å². The first-order chi connectivity index (χ1) is 11.6. The quantitative estimate of drug-likeness (QED) is 0.799. The molecule has 2 fully saturated rings. The van der Waals surface area contributed by atoms with Crippen LogP contribution in [-0.2, 0) is 7.05 Å². The zero-order chi connectivity index (χ0) is 16.8. The third-order valence-electron chi connectivity index (χ3n) is 5.23. The SMILES string of the molecule is C#CC1CCN(C(=O)c2cc(C3CC3)nc3c2c(C)nn3C)CC1. The van der Waals surface area contributed by atoms with Gasteiger partial charge in [0.2, 0.25) is 0 Å². The molecular formula is C19H22N4O. The second-order valence-electron chi connectivity index (χ2n) is 7.01. The van der Waals surface area contributed by atoms with Crippen LogP contribution in [0.5, 0.6) is 0 Å². The van der Waals surface area contributed by atoms with Gasteiger partial charge >= 0.3 is 0 Å². The van der Waals surface area contributed by atoms with Crippen LogP contribution >= 0.6 is 0 Å². The van der Waals surface area contributed by atoms with Crippen molar-refractivity contribution in [2.75, 3.05) is 13.1 Å². The van der Waals surface area contributed by atoms with Gasteiger partial charge in [-0.25, -0.2) is 4.98 Å². The molecule has 3 heterocycles. The molecule has 0 bridgehead atoms. The smallest absolute Gasteiger partial charge is 0.254 e. The molecule has 4 rings (SSSR count). The van der Waals surface area contributed by atoms with E-state index in [2.05, 4.69) is 11.0 Å². The topological polar surface area (TPSA) is 51.0 Å². The summed E-state index contributed by atoms with van der Waals surface area (Å²) in [7, 11) is 1.89. The van der Waals surface area contributed by atoms with Gasteiger partial charge in [-0.2, -0.15) is 5.10 Å². The fourth-order valence-electron chi connectivity index (χ4n) is 3.64. The summed E-state index contributed by atoms with van der Waals surface area (Å²) >= 11 is 0. The lowest BCUT2D eigenvalue weighted by Crippen LogP contribution is -2.38. The van der Waals surface area contributed by atoms with E-state index in [1.807, 2.05) is 24.9 Å². The Kier molecular flexibility index (Phi) is 3.56. The number of nitrogens with zero attached hydrogens (tertiary/aromatic N) is 4. The number of likely N-dealkylation sites (tertiary alicyclic amines) is 1. The second-order valence-corrected chi connectivity index (χ2v) is 7.01. The Balaban J connectivity index is 1.75. The summed E-state index contributed by atoms with van der Waals surface area (Å²) in [6.07, 6.45) is 9.62. The maximum Gasteiger partial charge on any atom is 0.254 e. The van der Waals surface area contributed by atoms with Gasteiger partial charge in [0.25, 0.3) is 5.91 Å². The average molecular weight is 322 g/mol. The Morgan fingerprint density at radius 2 is 2.00 bits per heavy atom. The normalized spacial score (nSPS) is 18.8. The first-order valence-corrected chi connectivity index (χ1v) is 8.68. The standard InChI is InChI=1S/C19H22N4O/c1-4-13-7-9-23(10-8-13)19(24)15-11-16(14-5-6-14)20-18-17(15)12(2)21-22(18)3/h1,11,13-14H,5-10H2,2-3H3. The van der Waals surface area contributed by atoms with E-state index in [0.29, 0.717) is 11.8 Å². The van der Waals surface area contributed by atoms with Crippen LogP contribution in [-0.4, -0.2) is 38.7 Å². The van der Waals surface area contributed by atoms with Gasteiger partial charge in [-0.15, -0.1) is 12.3 Å². The Bertz CT molecular complexity index is 848. The fourth-order valence-corrected chi connectivity index (χ4v) is 3.64. The molecule has 0 unspecified atom stereocenters. The fraction of sp³-hybridized carbons (Fsp3) is 0.526. The van der Waals surface area contributed by atoms with Crippen LogP contribution in [0.3, 0.4) is 0 Å². The van der Waals surface area contributed by atoms with Crippen LogP contribution in [0.15, 0.2) is 6.07 Å². The summed E-state index contributed by atoms with van der Waals surface area (Å²) in [4.78, 5) is 19.9. The number of aryl methyl sites for hydroxylation is 2. The third-order valence-corrected chi connectivity index (χ3v) is 5.23. The maximum atomic E-state index is 13.2. The van der Waals surface area contributed by atoms with Crippen molar-refractivity contribution in [1.82, 2.24) is 19.7 Å². The first kappa shape index (κ1) is 15.2. The van der Waals surface area contributed by atoms with Crippen molar-refractivity contribution in [2.45, 2.75) is 38.5 Å². The van der Waals surface area contributed by atoms with Gasteiger partial charge in [-0.3, -0.25) is 9.48 Å². The number of pyridine rings is 1. The molecule has 5 nitrogen and oxygen atoms in total. The predicted molar refractivity (Wildman–Crippen MR) is 92.7 cm³/mol. The molecule has 0 radical (unpaired) electrons. The molecule has 0 spiro atoms. The van der Waals surface area contributed by atoms with E-state index >= 15 is 0 Å². The molecule has 0 aromatic carbocycles. The Hall–Kier alpha value is -2.35. The molecule has 24 heavy (non-hydrogen) atoms. The van der Waals surface area contributed by atoms with E-state index in [9.17, 15) is 4.79 Å². The number of rotatable bonds is 2. The van der Waals surface area contributed by atoms with Crippen LogP contribution in [0.25, 0.3) is 11.0 Å². The average Bonchev–Trinajstić information content (AvgIpc) is 3.41. The Morgan fingerprint density at radius 1 is 1.29 bits per heavy atom. The van der Waals surface area contributed by atoms with Crippen molar-refractivity contribution < 1.29 is 4.79 Å². The molecule has 0 atom stereocenters. The van der Waals surface area contributed by atoms with E-state index < -0.39 is 0 Å². The highest BCUT2D eigenvalue weighted by molar-refractivity contribution is 6.06. The minimum atomic E-state index is 0.0934. The van der Waals surface area contributed by atoms with Gasteiger partial charge in [-0.1, -0.05) is 0 Å². The number of hydrogen-bond donors (Lipinski definition) is 0. The van der Waals surface area contributed by atoms with Gasteiger partial charge in [-0.05, 0) is 38.7 Å². The lowest BCUT2D eigenvalue weighted by Gasteiger charge is -2.30. The molecule has 0 N–H and O–H groups in total. The van der Waals surface area contributed by atoms with Crippen molar-refractivity contribution in [3.63, 3.8) is 0 Å². The Labute approximate surface area is 142 Å². The monoisotopic (exact) mass is 322 g/mol. The molecule has 1 amide bonds. The Morgan fingerprint density at radius 3 is 2.62 bits per heavy atom. The number of carbonyl (C=O) groups excluding carboxylic acids is 1. The van der Waals surface area contributed by atoms with Gasteiger partial charge in [0.1, 0.15) is 0 Å². The lowest BCUT2D eigenvalue weighted by molar-refractivity contribution is 0.0709. The van der Waals surface area contributed by atoms with Crippen molar-refractivity contribution in [2.24, 2.45) is 13.0 Å². The van der Waals surface area contributed by atoms with Gasteiger partial charge in [0.15, 0.2) is 5.65 Å². The van der Waals surface area contributed by atoms with Crippen LogP contribution < -0.4 is 0 Å². The molecule has 1 aliphatic heterocycles. The molecule has 1 saturated heterocycles. The number of piperidine rings is 1. The molecular weight excluding hydrogens is 300 g/mol. The number of fused-ring (bicyclic) bond motifs is 1. The minimum absolute atomic E-state index is 0.0934. The van der Waals surface area contributed by atoms with Gasteiger partial charge in [0.05, 0.1) is 16.6 Å². The summed E-state index contributed by atoms with van der Waals surface area (Å²) in [6.45, 7) is 3.41. The van der Waals surface area contributed by atoms with Gasteiger partial charge < -0.3 is 4.90 Å². The van der Waals surface area contributed by atoms with E-state index in [1.165, 1.54) is 0 Å². The largest absolute Gasteiger partial charge is 0.339 e. The van der Waals surface area contributed by atoms with Crippen molar-refractivity contribution in [3.8, 4) is 12.3 Å². The second kappa shape index (κ2) is 5.62. The van der Waals surface area contributed by atoms with E-state index in [4.69, 9.17) is 11.4 Å². The molecule has 2 aliphatic rings. The summed E-state index contributed by atoms with van der Waals surface area (Å²) in [5.74, 6) is 3.71. The molecule has 1 aliphatic carbocycles. The maximum absolute atomic E-state index is 13.2. The number of hydrogen-bond acceptors (Lipinski definition) is 3. The van der Waals surface area contributed by atoms with Crippen molar-refractivity contribution in [1.29, 1.82) is 0 Å². The highest BCUT2D eigenvalue weighted by atomic mass is 16.2. The number of amides is 1. The molecule has 2 aromatic rings. The summed E-state index contributed by atoms with van der Waals surface area (Å²) in [6, 6.07) is 2.00. The predicted octanol–water partition coefficient (Wildman–Crippen LogP) is 2.64. The number of aromatic nitrogens is 3. The molecule has 124 valence electrons. The van der Waals surface area contributed by atoms with Crippen LogP contribution in [0.1, 0.15) is 53.3 Å². The zero-order valence-corrected chi connectivity index (χ0v) is 14.2. The number of terminal acetylenes is 1. The van der Waals surface area contributed by atoms with Gasteiger partial charge in [0, 0.05) is 37.7 Å². The third kappa shape index (κ3) is 2.47. The molecule has 5 heteroatoms. The molecule has 1 saturated carbocycles. The zero-order valence-electron chi connectivity index (χ0n) is 14.2. The van der Waals surface area contributed by atoms with Crippen molar-refractivity contribution >= 4 is 16.9 Å². The first-order valence-electron chi connectivity index (χ1n) is 8.68. The van der Waals surface area contributed by atoms with Crippen LogP contribution in [0.2, 0.25) is 0 Å². The van der Waals surface area contributed by atoms with E-state index in [1.54, 1.807) is 4.68 Å². The highest BCUT2D eigenvalue weighted by Gasteiger charge is 2.30. The van der Waals surface area contributed by atoms with E-state index in [-0.39, 0.29) is 5.91 Å². The minimum Gasteiger partial charge on any atom is -0.339 e. The lowest BCUT2D eigenvalue weighted by atomic mass is 9.97. The van der Waals surface area contributed by atoms with Crippen LogP contribution in [0, 0.1) is 25.2 Å². The summed E-state index contributed by atoms with van der Waals surface area (Å²) < 4.78 is 1.79.